The third-order valence-corrected chi connectivity index (χ3v) is 11.7. The summed E-state index contributed by atoms with van der Waals surface area (Å²) >= 11 is 0. The second-order valence-electron chi connectivity index (χ2n) is 16.0. The predicted molar refractivity (Wildman–Crippen MR) is 233 cm³/mol. The fourth-order valence-corrected chi connectivity index (χ4v) is 8.31. The zero-order valence-corrected chi connectivity index (χ0v) is 35.3. The van der Waals surface area contributed by atoms with E-state index in [0.29, 0.717) is 32.7 Å². The van der Waals surface area contributed by atoms with Gasteiger partial charge in [-0.3, -0.25) is 0 Å². The first kappa shape index (κ1) is 42.3. The van der Waals surface area contributed by atoms with Crippen molar-refractivity contribution in [2.75, 3.05) is 66.6 Å². The number of amides is 1. The van der Waals surface area contributed by atoms with E-state index >= 15 is 0 Å². The van der Waals surface area contributed by atoms with Crippen LogP contribution < -0.4 is 14.8 Å². The lowest BCUT2D eigenvalue weighted by Gasteiger charge is -2.49. The van der Waals surface area contributed by atoms with Crippen LogP contribution in [0.1, 0.15) is 43.0 Å². The van der Waals surface area contributed by atoms with Gasteiger partial charge in [0.1, 0.15) is 30.1 Å². The van der Waals surface area contributed by atoms with E-state index in [1.807, 2.05) is 69.3 Å². The van der Waals surface area contributed by atoms with Gasteiger partial charge in [-0.05, 0) is 56.2 Å². The maximum absolute atomic E-state index is 12.2. The molecule has 58 heavy (non-hydrogen) atoms. The van der Waals surface area contributed by atoms with Crippen molar-refractivity contribution in [3.05, 3.63) is 119 Å². The van der Waals surface area contributed by atoms with Gasteiger partial charge in [0.05, 0.1) is 38.7 Å². The molecule has 0 aromatic heterocycles. The van der Waals surface area contributed by atoms with E-state index < -0.39 is 6.09 Å². The Labute approximate surface area is 349 Å². The number of hydrogen-bond donors (Lipinski definition) is 2. The maximum Gasteiger partial charge on any atom is 0.514 e. The number of carbonyl (C=O) groups is 1. The highest BCUT2D eigenvalue weighted by Crippen LogP contribution is 2.33. The molecule has 0 unspecified atom stereocenters. The van der Waals surface area contributed by atoms with Crippen molar-refractivity contribution in [3.63, 3.8) is 0 Å². The van der Waals surface area contributed by atoms with Gasteiger partial charge in [0.25, 0.3) is 0 Å². The summed E-state index contributed by atoms with van der Waals surface area (Å²) in [6, 6.07) is 33.0. The zero-order valence-electron chi connectivity index (χ0n) is 34.4. The van der Waals surface area contributed by atoms with E-state index in [0.717, 1.165) is 86.2 Å². The lowest BCUT2D eigenvalue weighted by atomic mass is 10.00. The van der Waals surface area contributed by atoms with Crippen LogP contribution in [0.25, 0.3) is 0 Å². The van der Waals surface area contributed by atoms with E-state index in [2.05, 4.69) is 73.4 Å². The molecule has 8 rings (SSSR count). The summed E-state index contributed by atoms with van der Waals surface area (Å²) < 4.78 is 11.2. The molecule has 0 spiro atoms. The molecule has 0 atom stereocenters. The maximum atomic E-state index is 12.2. The van der Waals surface area contributed by atoms with Crippen LogP contribution in [-0.4, -0.2) is 119 Å². The Bertz CT molecular complexity index is 2090. The van der Waals surface area contributed by atoms with E-state index in [-0.39, 0.29) is 22.4 Å². The number of methoxy groups -OCH3 is 2. The average molecular weight is 810 g/mol. The molecule has 13 heteroatoms. The average Bonchev–Trinajstić information content (AvgIpc) is 3.23. The fraction of sp³-hybridized carbons (Fsp3) is 0.400. The number of nitrogens with zero attached hydrogens (tertiary/aromatic N) is 7. The molecule has 4 aromatic rings. The van der Waals surface area contributed by atoms with Crippen molar-refractivity contribution in [1.29, 1.82) is 0 Å². The SMILES string of the molecule is COc1ccccc1CN1Cc2ccccc2N=C1N1CCNCC1.COc1ccccc1CN1Cc2ccccc2N=C1N1CC[N+](C(=O)O)(C(C)(C)C)CC1.Cl. The number of carboxylic acid groups (broad SMARTS) is 1. The Balaban J connectivity index is 0.000000198. The Kier molecular flexibility index (Phi) is 13.5. The summed E-state index contributed by atoms with van der Waals surface area (Å²) in [6.45, 7) is 15.5. The molecule has 1 amide bonds. The van der Waals surface area contributed by atoms with E-state index in [1.165, 1.54) is 16.7 Å². The second-order valence-corrected chi connectivity index (χ2v) is 16.0. The number of benzene rings is 4. The van der Waals surface area contributed by atoms with Crippen molar-refractivity contribution in [1.82, 2.24) is 24.9 Å². The fourth-order valence-electron chi connectivity index (χ4n) is 8.31. The van der Waals surface area contributed by atoms with Gasteiger partial charge in [0.2, 0.25) is 11.9 Å². The molecule has 4 aliphatic rings. The third kappa shape index (κ3) is 9.04. The second kappa shape index (κ2) is 18.5. The minimum Gasteiger partial charge on any atom is -0.496 e. The van der Waals surface area contributed by atoms with Gasteiger partial charge in [0.15, 0.2) is 0 Å². The number of ether oxygens (including phenoxy) is 2. The number of guanidine groups is 2. The van der Waals surface area contributed by atoms with Crippen molar-refractivity contribution in [2.24, 2.45) is 9.98 Å². The summed E-state index contributed by atoms with van der Waals surface area (Å²) in [4.78, 5) is 31.6. The number of fused-ring (bicyclic) bond motifs is 2. The first-order valence-corrected chi connectivity index (χ1v) is 20.0. The monoisotopic (exact) mass is 809 g/mol. The van der Waals surface area contributed by atoms with Gasteiger partial charge in [-0.1, -0.05) is 72.8 Å². The minimum atomic E-state index is -0.751. The molecule has 2 fully saturated rings. The third-order valence-electron chi connectivity index (χ3n) is 11.7. The quantitative estimate of drug-likeness (QED) is 0.194. The topological polar surface area (TPSA) is 105 Å². The molecule has 2 saturated heterocycles. The number of aliphatic imine (C=N–C) groups is 2. The lowest BCUT2D eigenvalue weighted by molar-refractivity contribution is -0.907. The number of quaternary nitrogens is 1. The molecule has 0 radical (unpaired) electrons. The molecule has 4 aromatic carbocycles. The summed E-state index contributed by atoms with van der Waals surface area (Å²) in [5, 5.41) is 13.5. The van der Waals surface area contributed by atoms with E-state index in [1.54, 1.807) is 14.2 Å². The molecule has 0 saturated carbocycles. The lowest BCUT2D eigenvalue weighted by Crippen LogP contribution is -2.70. The number of hydrogen-bond acceptors (Lipinski definition) is 10. The summed E-state index contributed by atoms with van der Waals surface area (Å²) in [6.07, 6.45) is -0.751. The molecule has 2 N–H and O–H groups in total. The predicted octanol–water partition coefficient (Wildman–Crippen LogP) is 7.33. The highest BCUT2D eigenvalue weighted by molar-refractivity contribution is 5.86. The molecular formula is C45H58ClN8O4+. The summed E-state index contributed by atoms with van der Waals surface area (Å²) in [5.41, 5.74) is 6.46. The van der Waals surface area contributed by atoms with Gasteiger partial charge >= 0.3 is 6.09 Å². The minimum absolute atomic E-state index is 0. The number of rotatable bonds is 6. The zero-order chi connectivity index (χ0) is 40.0. The van der Waals surface area contributed by atoms with Crippen LogP contribution in [0, 0.1) is 0 Å². The van der Waals surface area contributed by atoms with Crippen molar-refractivity contribution >= 4 is 41.8 Å². The molecule has 308 valence electrons. The van der Waals surface area contributed by atoms with Crippen LogP contribution in [0.15, 0.2) is 107 Å². The molecular weight excluding hydrogens is 752 g/mol. The van der Waals surface area contributed by atoms with Gasteiger partial charge in [0, 0.05) is 63.5 Å². The highest BCUT2D eigenvalue weighted by Gasteiger charge is 2.50. The number of piperazine rings is 2. The molecule has 0 aliphatic carbocycles. The summed E-state index contributed by atoms with van der Waals surface area (Å²) in [5.74, 6) is 3.78. The van der Waals surface area contributed by atoms with Crippen LogP contribution in [-0.2, 0) is 26.2 Å². The Hall–Kier alpha value is -5.30. The number of halogens is 1. The Morgan fingerprint density at radius 1 is 0.672 bits per heavy atom. The first-order valence-electron chi connectivity index (χ1n) is 20.0. The largest absolute Gasteiger partial charge is 0.514 e. The van der Waals surface area contributed by atoms with Gasteiger partial charge in [-0.2, -0.15) is 4.79 Å². The Morgan fingerprint density at radius 3 is 1.52 bits per heavy atom. The van der Waals surface area contributed by atoms with Crippen LogP contribution in [0.3, 0.4) is 0 Å². The molecule has 4 aliphatic heterocycles. The van der Waals surface area contributed by atoms with Crippen LogP contribution in [0.2, 0.25) is 0 Å². The van der Waals surface area contributed by atoms with Crippen molar-refractivity contribution in [3.8, 4) is 11.5 Å². The number of nitrogens with one attached hydrogen (secondary N) is 1. The van der Waals surface area contributed by atoms with Gasteiger partial charge in [-0.15, -0.1) is 12.4 Å². The van der Waals surface area contributed by atoms with Crippen LogP contribution in [0.5, 0.6) is 11.5 Å². The van der Waals surface area contributed by atoms with Gasteiger partial charge < -0.3 is 39.5 Å². The highest BCUT2D eigenvalue weighted by atomic mass is 35.5. The molecule has 4 heterocycles. The molecule has 12 nitrogen and oxygen atoms in total. The normalized spacial score (nSPS) is 17.3. The van der Waals surface area contributed by atoms with E-state index in [9.17, 15) is 9.90 Å². The van der Waals surface area contributed by atoms with Crippen LogP contribution in [0.4, 0.5) is 16.2 Å². The van der Waals surface area contributed by atoms with Crippen LogP contribution >= 0.6 is 12.4 Å². The first-order chi connectivity index (χ1) is 27.6. The van der Waals surface area contributed by atoms with Crippen molar-refractivity contribution < 1.29 is 23.9 Å². The van der Waals surface area contributed by atoms with Gasteiger partial charge in [-0.25, -0.2) is 14.5 Å². The number of para-hydroxylation sites is 4. The Morgan fingerprint density at radius 2 is 1.09 bits per heavy atom. The van der Waals surface area contributed by atoms with E-state index in [4.69, 9.17) is 19.5 Å². The standard InChI is InChI=1S/C25H32N4O3.C20H24N4O.ClH/c1-25(2,3)29(24(30)31)15-13-27(14-16-29)23-26-21-11-7-5-9-19(21)17-28(23)18-20-10-6-8-12-22(20)32-4;1-25-19-9-5-3-7-17(19)15-24-14-16-6-2-4-8-18(16)22-20(24)23-12-10-21-11-13-23;/h5-12H,13-18H2,1-4H3;2-9,21H,10-15H2,1H3;1H/p+1. The molecule has 0 bridgehead atoms. The smallest absolute Gasteiger partial charge is 0.496 e. The van der Waals surface area contributed by atoms with Crippen molar-refractivity contribution in [2.45, 2.75) is 52.5 Å². The summed E-state index contributed by atoms with van der Waals surface area (Å²) in [7, 11) is 3.43.